The number of ether oxygens (including phenoxy) is 1. The molecule has 2 atom stereocenters. The number of aliphatic hydroxyl groups is 1. The number of aliphatic hydroxyl groups excluding tert-OH is 1. The summed E-state index contributed by atoms with van der Waals surface area (Å²) in [7, 11) is -2.34. The zero-order valence-electron chi connectivity index (χ0n) is 14.7. The predicted octanol–water partition coefficient (Wildman–Crippen LogP) is 1.63. The standard InChI is InChI=1S/C17H25NO6S/c1-4-8-17(16(20)21)11-18(9-7-15(17)19)25(22,23)13-5-6-14(24-3)12(2)10-13/h5-6,10,15,19H,4,7-9,11H2,1-3H3,(H,20,21)/t15-,17-/m0/s1. The molecule has 0 radical (unpaired) electrons. The van der Waals surface area contributed by atoms with Gasteiger partial charge in [0.25, 0.3) is 0 Å². The van der Waals surface area contributed by atoms with E-state index >= 15 is 0 Å². The smallest absolute Gasteiger partial charge is 0.313 e. The van der Waals surface area contributed by atoms with Gasteiger partial charge in [0.1, 0.15) is 11.2 Å². The summed E-state index contributed by atoms with van der Waals surface area (Å²) in [6.45, 7) is 3.42. The highest BCUT2D eigenvalue weighted by Gasteiger charge is 2.50. The number of hydrogen-bond acceptors (Lipinski definition) is 5. The molecule has 1 aromatic rings. The van der Waals surface area contributed by atoms with Gasteiger partial charge in [0.05, 0.1) is 18.1 Å². The molecule has 1 saturated heterocycles. The molecule has 8 heteroatoms. The molecule has 140 valence electrons. The van der Waals surface area contributed by atoms with Crippen LogP contribution in [0.25, 0.3) is 0 Å². The van der Waals surface area contributed by atoms with Crippen LogP contribution in [0, 0.1) is 12.3 Å². The Hall–Kier alpha value is -1.64. The molecule has 1 aliphatic rings. The van der Waals surface area contributed by atoms with E-state index in [-0.39, 0.29) is 30.8 Å². The van der Waals surface area contributed by atoms with E-state index in [9.17, 15) is 23.4 Å². The van der Waals surface area contributed by atoms with Gasteiger partial charge in [-0.05, 0) is 43.5 Å². The Bertz CT molecular complexity index is 748. The largest absolute Gasteiger partial charge is 0.496 e. The van der Waals surface area contributed by atoms with Crippen LogP contribution < -0.4 is 4.74 Å². The molecule has 25 heavy (non-hydrogen) atoms. The second kappa shape index (κ2) is 7.31. The van der Waals surface area contributed by atoms with Crippen LogP contribution in [-0.2, 0) is 14.8 Å². The van der Waals surface area contributed by atoms with Crippen LogP contribution in [0.3, 0.4) is 0 Å². The molecule has 1 aliphatic heterocycles. The molecule has 7 nitrogen and oxygen atoms in total. The first-order valence-corrected chi connectivity index (χ1v) is 9.69. The van der Waals surface area contributed by atoms with Crippen molar-refractivity contribution in [3.8, 4) is 5.75 Å². The van der Waals surface area contributed by atoms with Crippen molar-refractivity contribution in [3.63, 3.8) is 0 Å². The lowest BCUT2D eigenvalue weighted by Gasteiger charge is -2.42. The van der Waals surface area contributed by atoms with Crippen molar-refractivity contribution in [3.05, 3.63) is 23.8 Å². The maximum absolute atomic E-state index is 13.0. The number of hydrogen-bond donors (Lipinski definition) is 2. The summed E-state index contributed by atoms with van der Waals surface area (Å²) in [5.41, 5.74) is -0.791. The Balaban J connectivity index is 2.39. The van der Waals surface area contributed by atoms with Crippen LogP contribution in [0.4, 0.5) is 0 Å². The van der Waals surface area contributed by atoms with Gasteiger partial charge in [-0.25, -0.2) is 8.42 Å². The van der Waals surface area contributed by atoms with E-state index in [0.717, 1.165) is 0 Å². The summed E-state index contributed by atoms with van der Waals surface area (Å²) in [4.78, 5) is 11.9. The number of piperidine rings is 1. The van der Waals surface area contributed by atoms with Gasteiger partial charge in [-0.1, -0.05) is 13.3 Å². The quantitative estimate of drug-likeness (QED) is 0.788. The highest BCUT2D eigenvalue weighted by Crippen LogP contribution is 2.38. The normalized spacial score (nSPS) is 24.9. The Labute approximate surface area is 148 Å². The lowest BCUT2D eigenvalue weighted by Crippen LogP contribution is -2.57. The highest BCUT2D eigenvalue weighted by molar-refractivity contribution is 7.89. The number of carboxylic acid groups (broad SMARTS) is 1. The fraction of sp³-hybridized carbons (Fsp3) is 0.588. The molecular weight excluding hydrogens is 346 g/mol. The summed E-state index contributed by atoms with van der Waals surface area (Å²) in [6, 6.07) is 4.55. The maximum Gasteiger partial charge on any atom is 0.313 e. The Morgan fingerprint density at radius 2 is 2.12 bits per heavy atom. The zero-order valence-corrected chi connectivity index (χ0v) is 15.5. The van der Waals surface area contributed by atoms with E-state index in [2.05, 4.69) is 0 Å². The van der Waals surface area contributed by atoms with E-state index in [1.165, 1.54) is 23.5 Å². The number of benzene rings is 1. The van der Waals surface area contributed by atoms with Crippen LogP contribution in [-0.4, -0.2) is 55.2 Å². The number of rotatable bonds is 6. The predicted molar refractivity (Wildman–Crippen MR) is 92.1 cm³/mol. The van der Waals surface area contributed by atoms with Crippen molar-refractivity contribution in [1.29, 1.82) is 0 Å². The lowest BCUT2D eigenvalue weighted by atomic mass is 9.74. The number of carboxylic acids is 1. The second-order valence-electron chi connectivity index (χ2n) is 6.49. The van der Waals surface area contributed by atoms with Crippen molar-refractivity contribution >= 4 is 16.0 Å². The average molecular weight is 371 g/mol. The van der Waals surface area contributed by atoms with Crippen molar-refractivity contribution in [2.45, 2.75) is 44.1 Å². The molecule has 0 saturated carbocycles. The van der Waals surface area contributed by atoms with E-state index in [1.807, 2.05) is 6.92 Å². The molecule has 0 amide bonds. The van der Waals surface area contributed by atoms with Crippen LogP contribution >= 0.6 is 0 Å². The van der Waals surface area contributed by atoms with Crippen LogP contribution in [0.5, 0.6) is 5.75 Å². The second-order valence-corrected chi connectivity index (χ2v) is 8.42. The van der Waals surface area contributed by atoms with Gasteiger partial charge in [0.2, 0.25) is 10.0 Å². The third kappa shape index (κ3) is 3.51. The maximum atomic E-state index is 13.0. The van der Waals surface area contributed by atoms with Gasteiger partial charge in [-0.15, -0.1) is 0 Å². The first kappa shape index (κ1) is 19.7. The Morgan fingerprint density at radius 1 is 1.44 bits per heavy atom. The average Bonchev–Trinajstić information content (AvgIpc) is 2.56. The molecule has 0 spiro atoms. The summed E-state index contributed by atoms with van der Waals surface area (Å²) >= 11 is 0. The van der Waals surface area contributed by atoms with Gasteiger partial charge in [-0.2, -0.15) is 4.31 Å². The van der Waals surface area contributed by atoms with Crippen molar-refractivity contribution in [1.82, 2.24) is 4.31 Å². The number of methoxy groups -OCH3 is 1. The van der Waals surface area contributed by atoms with Crippen LogP contribution in [0.1, 0.15) is 31.7 Å². The Kier molecular flexibility index (Phi) is 5.75. The number of nitrogens with zero attached hydrogens (tertiary/aromatic N) is 1. The van der Waals surface area contributed by atoms with Gasteiger partial charge < -0.3 is 14.9 Å². The first-order chi connectivity index (χ1) is 11.7. The number of sulfonamides is 1. The number of carbonyl (C=O) groups is 1. The minimum absolute atomic E-state index is 0.0906. The Morgan fingerprint density at radius 3 is 2.64 bits per heavy atom. The number of aliphatic carboxylic acids is 1. The fourth-order valence-corrected chi connectivity index (χ4v) is 5.03. The van der Waals surface area contributed by atoms with Crippen molar-refractivity contribution < 1.29 is 28.2 Å². The molecular formula is C17H25NO6S. The summed E-state index contributed by atoms with van der Waals surface area (Å²) in [5.74, 6) is -0.577. The van der Waals surface area contributed by atoms with Gasteiger partial charge in [0, 0.05) is 13.1 Å². The third-order valence-electron chi connectivity index (χ3n) is 4.87. The zero-order chi connectivity index (χ0) is 18.8. The third-order valence-corrected chi connectivity index (χ3v) is 6.72. The molecule has 0 aliphatic carbocycles. The van der Waals surface area contributed by atoms with Gasteiger partial charge in [-0.3, -0.25) is 4.79 Å². The van der Waals surface area contributed by atoms with Crippen LogP contribution in [0.2, 0.25) is 0 Å². The van der Waals surface area contributed by atoms with E-state index in [0.29, 0.717) is 17.7 Å². The minimum atomic E-state index is -3.85. The highest BCUT2D eigenvalue weighted by atomic mass is 32.2. The number of aryl methyl sites for hydroxylation is 1. The molecule has 0 bridgehead atoms. The van der Waals surface area contributed by atoms with Crippen molar-refractivity contribution in [2.75, 3.05) is 20.2 Å². The fourth-order valence-electron chi connectivity index (χ4n) is 3.42. The molecule has 1 heterocycles. The summed E-state index contributed by atoms with van der Waals surface area (Å²) in [5, 5.41) is 19.9. The van der Waals surface area contributed by atoms with E-state index in [1.54, 1.807) is 13.0 Å². The van der Waals surface area contributed by atoms with Gasteiger partial charge in [0.15, 0.2) is 0 Å². The van der Waals surface area contributed by atoms with Crippen molar-refractivity contribution in [2.24, 2.45) is 5.41 Å². The lowest BCUT2D eigenvalue weighted by molar-refractivity contribution is -0.161. The SMILES string of the molecule is CCC[C@]1(C(=O)O)CN(S(=O)(=O)c2ccc(OC)c(C)c2)CC[C@@H]1O. The molecule has 1 aromatic carbocycles. The molecule has 2 N–H and O–H groups in total. The molecule has 2 rings (SSSR count). The first-order valence-electron chi connectivity index (χ1n) is 8.25. The molecule has 0 unspecified atom stereocenters. The van der Waals surface area contributed by atoms with E-state index < -0.39 is 27.5 Å². The molecule has 1 fully saturated rings. The summed E-state index contributed by atoms with van der Waals surface area (Å²) < 4.78 is 32.3. The minimum Gasteiger partial charge on any atom is -0.496 e. The monoisotopic (exact) mass is 371 g/mol. The van der Waals surface area contributed by atoms with E-state index in [4.69, 9.17) is 4.74 Å². The van der Waals surface area contributed by atoms with Crippen LogP contribution in [0.15, 0.2) is 23.1 Å². The topological polar surface area (TPSA) is 104 Å². The van der Waals surface area contributed by atoms with Gasteiger partial charge >= 0.3 is 5.97 Å². The summed E-state index contributed by atoms with van der Waals surface area (Å²) in [6.07, 6.45) is -0.203. The molecule has 0 aromatic heterocycles.